The summed E-state index contributed by atoms with van der Waals surface area (Å²) < 4.78 is 46.0. The summed E-state index contributed by atoms with van der Waals surface area (Å²) in [7, 11) is 0. The van der Waals surface area contributed by atoms with Gasteiger partial charge < -0.3 is 37.9 Å². The number of hydrogen-bond donors (Lipinski definition) is 0. The van der Waals surface area contributed by atoms with E-state index in [4.69, 9.17) is 37.9 Å². The Hall–Kier alpha value is -4.48. The van der Waals surface area contributed by atoms with Crippen LogP contribution in [0.3, 0.4) is 0 Å². The fourth-order valence-electron chi connectivity index (χ4n) is 8.71. The largest absolute Gasteiger partial charge is 0.494 e. The van der Waals surface area contributed by atoms with Crippen LogP contribution < -0.4 is 18.9 Å². The van der Waals surface area contributed by atoms with Crippen LogP contribution in [0, 0.1) is 10.8 Å². The first-order chi connectivity index (χ1) is 30.3. The average Bonchev–Trinajstić information content (AvgIpc) is 3.89. The van der Waals surface area contributed by atoms with Crippen molar-refractivity contribution in [1.82, 2.24) is 0 Å². The Balaban J connectivity index is 0.791. The van der Waals surface area contributed by atoms with Gasteiger partial charge in [-0.3, -0.25) is 0 Å². The van der Waals surface area contributed by atoms with E-state index >= 15 is 0 Å². The lowest BCUT2D eigenvalue weighted by molar-refractivity contribution is -0.150. The lowest BCUT2D eigenvalue weighted by Crippen LogP contribution is -2.45. The summed E-state index contributed by atoms with van der Waals surface area (Å²) in [5.41, 5.74) is 4.20. The number of unbranched alkanes of at least 4 members (excludes halogenated alkanes) is 6. The molecule has 3 aromatic carbocycles. The smallest absolute Gasteiger partial charge is 0.336 e. The van der Waals surface area contributed by atoms with E-state index in [2.05, 4.69) is 13.8 Å². The van der Waals surface area contributed by atoms with Gasteiger partial charge in [0.2, 0.25) is 0 Å². The van der Waals surface area contributed by atoms with Crippen molar-refractivity contribution >= 4 is 24.1 Å². The van der Waals surface area contributed by atoms with Crippen LogP contribution >= 0.6 is 0 Å². The van der Waals surface area contributed by atoms with Gasteiger partial charge in [-0.1, -0.05) is 51.0 Å². The van der Waals surface area contributed by atoms with E-state index in [1.54, 1.807) is 24.3 Å². The van der Waals surface area contributed by atoms with Crippen LogP contribution in [-0.2, 0) is 28.5 Å². The molecule has 0 N–H and O–H groups in total. The van der Waals surface area contributed by atoms with Crippen molar-refractivity contribution in [2.24, 2.45) is 10.8 Å². The van der Waals surface area contributed by atoms with Crippen LogP contribution in [0.25, 0.3) is 12.2 Å². The lowest BCUT2D eigenvalue weighted by atomic mass is 9.84. The number of carbonyl (C=O) groups is 2. The molecule has 2 heterocycles. The molecule has 2 bridgehead atoms. The zero-order valence-corrected chi connectivity index (χ0v) is 36.9. The second-order valence-corrected chi connectivity index (χ2v) is 18.0. The molecule has 2 aliphatic carbocycles. The summed E-state index contributed by atoms with van der Waals surface area (Å²) in [6.45, 7) is 12.2. The van der Waals surface area contributed by atoms with Crippen molar-refractivity contribution in [3.63, 3.8) is 0 Å². The van der Waals surface area contributed by atoms with Crippen molar-refractivity contribution < 1.29 is 47.5 Å². The molecule has 0 amide bonds. The molecule has 10 heteroatoms. The highest BCUT2D eigenvalue weighted by molar-refractivity contribution is 5.90. The van der Waals surface area contributed by atoms with Crippen molar-refractivity contribution in [2.45, 2.75) is 103 Å². The van der Waals surface area contributed by atoms with E-state index in [1.807, 2.05) is 48.5 Å². The highest BCUT2D eigenvalue weighted by Gasteiger charge is 2.42. The summed E-state index contributed by atoms with van der Waals surface area (Å²) >= 11 is 0. The molecule has 0 aromatic heterocycles. The Kier molecular flexibility index (Phi) is 16.7. The molecular formula is C52H66O10. The molecule has 2 unspecified atom stereocenters. The molecule has 334 valence electrons. The van der Waals surface area contributed by atoms with Gasteiger partial charge >= 0.3 is 11.9 Å². The standard InChI is InChI=1S/C52H66O10/c1-3-52(37-58-38-52)36-56-29-9-5-7-11-31-60-44-22-14-40(15-23-44)17-27-48(54)62-46-25-24-45(49-41-18-19-42(32-41)50(46)49)61-47(53)26-16-39-12-20-43(21-13-39)59-30-10-6-4-8-28-55-33-51(2)34-57-35-51/h12-17,20-27,41-42H,3-11,18-19,28-38H2,1-2H3. The second kappa shape index (κ2) is 22.7. The van der Waals surface area contributed by atoms with Crippen LogP contribution in [-0.4, -0.2) is 78.0 Å². The maximum atomic E-state index is 13.0. The van der Waals surface area contributed by atoms with Crippen LogP contribution in [0.15, 0.2) is 72.8 Å². The number of hydrogen-bond acceptors (Lipinski definition) is 10. The zero-order valence-electron chi connectivity index (χ0n) is 36.9. The zero-order chi connectivity index (χ0) is 43.0. The Bertz CT molecular complexity index is 1940. The highest BCUT2D eigenvalue weighted by Crippen LogP contribution is 2.58. The molecule has 2 atom stereocenters. The first kappa shape index (κ1) is 45.5. The summed E-state index contributed by atoms with van der Waals surface area (Å²) in [6.07, 6.45) is 19.1. The summed E-state index contributed by atoms with van der Waals surface area (Å²) in [5, 5.41) is 0. The van der Waals surface area contributed by atoms with Crippen molar-refractivity contribution in [3.8, 4) is 23.0 Å². The first-order valence-electron chi connectivity index (χ1n) is 23.0. The molecule has 7 rings (SSSR count). The number of ether oxygens (including phenoxy) is 8. The van der Waals surface area contributed by atoms with Crippen LogP contribution in [0.5, 0.6) is 23.0 Å². The predicted octanol–water partition coefficient (Wildman–Crippen LogP) is 10.7. The molecule has 0 spiro atoms. The summed E-state index contributed by atoms with van der Waals surface area (Å²) in [4.78, 5) is 26.0. The normalized spacial score (nSPS) is 19.3. The van der Waals surface area contributed by atoms with Gasteiger partial charge in [0, 0.05) is 47.3 Å². The quantitative estimate of drug-likeness (QED) is 0.0318. The number of fused-ring (bicyclic) bond motifs is 5. The molecule has 2 aliphatic heterocycles. The summed E-state index contributed by atoms with van der Waals surface area (Å²) in [5.74, 6) is 2.36. The Morgan fingerprint density at radius 2 is 1.05 bits per heavy atom. The Morgan fingerprint density at radius 3 is 1.47 bits per heavy atom. The van der Waals surface area contributed by atoms with E-state index < -0.39 is 11.9 Å². The minimum atomic E-state index is -0.451. The van der Waals surface area contributed by atoms with Gasteiger partial charge in [0.25, 0.3) is 0 Å². The van der Waals surface area contributed by atoms with Gasteiger partial charge in [-0.15, -0.1) is 0 Å². The van der Waals surface area contributed by atoms with E-state index in [0.29, 0.717) is 24.7 Å². The molecule has 4 aliphatic rings. The third kappa shape index (κ3) is 13.0. The van der Waals surface area contributed by atoms with Crippen molar-refractivity contribution in [2.75, 3.05) is 66.1 Å². The fraction of sp³-hybridized carbons (Fsp3) is 0.538. The molecular weight excluding hydrogens is 785 g/mol. The Morgan fingerprint density at radius 1 is 0.597 bits per heavy atom. The maximum absolute atomic E-state index is 13.0. The van der Waals surface area contributed by atoms with E-state index in [-0.39, 0.29) is 22.7 Å². The Labute approximate surface area is 368 Å². The number of benzene rings is 3. The first-order valence-corrected chi connectivity index (χ1v) is 23.0. The molecule has 62 heavy (non-hydrogen) atoms. The monoisotopic (exact) mass is 850 g/mol. The minimum absolute atomic E-state index is 0.212. The molecule has 0 radical (unpaired) electrons. The fourth-order valence-corrected chi connectivity index (χ4v) is 8.71. The molecule has 1 saturated carbocycles. The average molecular weight is 851 g/mol. The van der Waals surface area contributed by atoms with Gasteiger partial charge in [0.05, 0.1) is 52.9 Å². The third-order valence-electron chi connectivity index (χ3n) is 12.7. The van der Waals surface area contributed by atoms with E-state index in [1.165, 1.54) is 12.2 Å². The minimum Gasteiger partial charge on any atom is -0.494 e. The van der Waals surface area contributed by atoms with Crippen LogP contribution in [0.1, 0.15) is 125 Å². The maximum Gasteiger partial charge on any atom is 0.336 e. The van der Waals surface area contributed by atoms with Gasteiger partial charge in [0.1, 0.15) is 23.0 Å². The van der Waals surface area contributed by atoms with Crippen LogP contribution in [0.2, 0.25) is 0 Å². The number of carbonyl (C=O) groups excluding carboxylic acids is 2. The highest BCUT2D eigenvalue weighted by atomic mass is 16.5. The molecule has 3 aromatic rings. The third-order valence-corrected chi connectivity index (χ3v) is 12.7. The van der Waals surface area contributed by atoms with E-state index in [0.717, 1.165) is 164 Å². The lowest BCUT2D eigenvalue weighted by Gasteiger charge is -2.40. The number of rotatable bonds is 27. The predicted molar refractivity (Wildman–Crippen MR) is 240 cm³/mol. The van der Waals surface area contributed by atoms with Gasteiger partial charge in [-0.25, -0.2) is 9.59 Å². The topological polar surface area (TPSA) is 108 Å². The molecule has 3 fully saturated rings. The number of esters is 2. The van der Waals surface area contributed by atoms with Crippen molar-refractivity contribution in [3.05, 3.63) is 95.1 Å². The van der Waals surface area contributed by atoms with Crippen molar-refractivity contribution in [1.29, 1.82) is 0 Å². The van der Waals surface area contributed by atoms with Gasteiger partial charge in [-0.2, -0.15) is 0 Å². The van der Waals surface area contributed by atoms with Crippen LogP contribution in [0.4, 0.5) is 0 Å². The second-order valence-electron chi connectivity index (χ2n) is 18.0. The van der Waals surface area contributed by atoms with Gasteiger partial charge in [0.15, 0.2) is 0 Å². The van der Waals surface area contributed by atoms with E-state index in [9.17, 15) is 9.59 Å². The molecule has 10 nitrogen and oxygen atoms in total. The van der Waals surface area contributed by atoms with Gasteiger partial charge in [-0.05, 0) is 136 Å². The molecule has 2 saturated heterocycles. The SMILES string of the molecule is CCC1(COCCCCCCOc2ccc(C=CC(=O)Oc3ccc(OC(=O)C=Cc4ccc(OCCCCCCOCC5(C)COC5)cc4)c4c3C3CCC4C3)cc2)COC1. The summed E-state index contributed by atoms with van der Waals surface area (Å²) in [6, 6.07) is 18.9.